The van der Waals surface area contributed by atoms with Crippen molar-refractivity contribution in [2.24, 2.45) is 0 Å². The molecule has 4 aromatic carbocycles. The van der Waals surface area contributed by atoms with Crippen LogP contribution in [0.15, 0.2) is 134 Å². The SMILES string of the molecule is Oc1ccccc1-c1ccc(-c2cccc(-c3nc(-c4ccccc4)cc(-c4ccccc4)n3)c2)cn1.[CsH]. The van der Waals surface area contributed by atoms with E-state index in [-0.39, 0.29) is 74.6 Å². The van der Waals surface area contributed by atoms with Gasteiger partial charge in [0.1, 0.15) is 5.75 Å². The van der Waals surface area contributed by atoms with Gasteiger partial charge in [-0.1, -0.05) is 97.1 Å². The summed E-state index contributed by atoms with van der Waals surface area (Å²) in [7, 11) is 0. The molecule has 0 bridgehead atoms. The maximum absolute atomic E-state index is 10.2. The summed E-state index contributed by atoms with van der Waals surface area (Å²) < 4.78 is 0. The summed E-state index contributed by atoms with van der Waals surface area (Å²) in [6.07, 6.45) is 1.83. The number of para-hydroxylation sites is 1. The van der Waals surface area contributed by atoms with Crippen LogP contribution in [0.5, 0.6) is 5.75 Å². The standard InChI is InChI=1S/C33H23N3O.Cs.H/c37-32-17-8-7-16-28(32)29-19-18-27(22-34-29)25-14-9-15-26(20-25)33-35-30(23-10-3-1-4-11-23)21-31(36-33)24-12-5-2-6-13-24;;/h1-22,37H;;. The van der Waals surface area contributed by atoms with Gasteiger partial charge in [-0.05, 0) is 35.9 Å². The van der Waals surface area contributed by atoms with Crippen LogP contribution in [0.25, 0.3) is 56.3 Å². The topological polar surface area (TPSA) is 58.9 Å². The van der Waals surface area contributed by atoms with Crippen LogP contribution in [0.1, 0.15) is 0 Å². The monoisotopic (exact) mass is 611 g/mol. The maximum atomic E-state index is 10.2. The molecule has 2 aromatic heterocycles. The molecule has 178 valence electrons. The molecule has 0 amide bonds. The summed E-state index contributed by atoms with van der Waals surface area (Å²) in [4.78, 5) is 14.5. The number of nitrogens with zero attached hydrogens (tertiary/aromatic N) is 3. The van der Waals surface area contributed by atoms with E-state index in [1.807, 2.05) is 85.1 Å². The Labute approximate surface area is 280 Å². The second kappa shape index (κ2) is 12.2. The number of aromatic hydroxyl groups is 1. The van der Waals surface area contributed by atoms with Gasteiger partial charge >= 0.3 is 68.9 Å². The molecule has 38 heavy (non-hydrogen) atoms. The van der Waals surface area contributed by atoms with Gasteiger partial charge in [0.25, 0.3) is 0 Å². The number of aromatic nitrogens is 3. The van der Waals surface area contributed by atoms with E-state index in [0.29, 0.717) is 11.4 Å². The van der Waals surface area contributed by atoms with E-state index in [1.165, 1.54) is 0 Å². The van der Waals surface area contributed by atoms with Crippen LogP contribution in [0.3, 0.4) is 0 Å². The van der Waals surface area contributed by atoms with Crippen molar-refractivity contribution in [2.45, 2.75) is 0 Å². The van der Waals surface area contributed by atoms with E-state index < -0.39 is 0 Å². The normalized spacial score (nSPS) is 10.5. The Morgan fingerprint density at radius 3 is 1.63 bits per heavy atom. The second-order valence-corrected chi connectivity index (χ2v) is 8.72. The van der Waals surface area contributed by atoms with Crippen LogP contribution >= 0.6 is 0 Å². The van der Waals surface area contributed by atoms with Crippen LogP contribution in [-0.4, -0.2) is 89.0 Å². The average Bonchev–Trinajstić information content (AvgIpc) is 2.98. The Balaban J connectivity index is 0.00000294. The van der Waals surface area contributed by atoms with Gasteiger partial charge in [0.05, 0.1) is 17.1 Å². The predicted molar refractivity (Wildman–Crippen MR) is 156 cm³/mol. The van der Waals surface area contributed by atoms with Crippen LogP contribution in [-0.2, 0) is 0 Å². The van der Waals surface area contributed by atoms with Gasteiger partial charge in [-0.15, -0.1) is 0 Å². The van der Waals surface area contributed by atoms with Gasteiger partial charge < -0.3 is 5.11 Å². The second-order valence-electron chi connectivity index (χ2n) is 8.72. The molecule has 0 saturated carbocycles. The molecule has 5 heteroatoms. The third-order valence-corrected chi connectivity index (χ3v) is 6.26. The zero-order valence-corrected chi connectivity index (χ0v) is 20.0. The summed E-state index contributed by atoms with van der Waals surface area (Å²) in [5, 5.41) is 10.2. The van der Waals surface area contributed by atoms with Crippen molar-refractivity contribution in [1.82, 2.24) is 15.0 Å². The van der Waals surface area contributed by atoms with Crippen LogP contribution < -0.4 is 0 Å². The van der Waals surface area contributed by atoms with Crippen molar-refractivity contribution in [1.29, 1.82) is 0 Å². The average molecular weight is 611 g/mol. The van der Waals surface area contributed by atoms with E-state index in [2.05, 4.69) is 41.4 Å². The molecular weight excluding hydrogens is 587 g/mol. The van der Waals surface area contributed by atoms with E-state index >= 15 is 0 Å². The minimum atomic E-state index is 0. The minimum absolute atomic E-state index is 0. The Hall–Kier alpha value is -3.04. The summed E-state index contributed by atoms with van der Waals surface area (Å²) in [6, 6.07) is 41.8. The molecule has 0 fully saturated rings. The number of rotatable bonds is 5. The van der Waals surface area contributed by atoms with E-state index in [9.17, 15) is 5.11 Å². The number of benzene rings is 4. The van der Waals surface area contributed by atoms with E-state index in [0.717, 1.165) is 44.9 Å². The summed E-state index contributed by atoms with van der Waals surface area (Å²) in [6.45, 7) is 0. The number of pyridine rings is 1. The Bertz CT molecular complexity index is 1610. The van der Waals surface area contributed by atoms with Gasteiger partial charge in [-0.3, -0.25) is 4.98 Å². The van der Waals surface area contributed by atoms with Crippen LogP contribution in [0.4, 0.5) is 0 Å². The number of hydrogen-bond acceptors (Lipinski definition) is 4. The first kappa shape index (κ1) is 26.6. The number of hydrogen-bond donors (Lipinski definition) is 1. The fraction of sp³-hybridized carbons (Fsp3) is 0. The molecule has 0 spiro atoms. The molecule has 6 rings (SSSR count). The van der Waals surface area contributed by atoms with Crippen molar-refractivity contribution < 1.29 is 5.11 Å². The first-order valence-corrected chi connectivity index (χ1v) is 12.1. The van der Waals surface area contributed by atoms with Crippen molar-refractivity contribution >= 4 is 68.9 Å². The van der Waals surface area contributed by atoms with Gasteiger partial charge in [0.2, 0.25) is 0 Å². The Kier molecular flexibility index (Phi) is 8.54. The molecule has 4 nitrogen and oxygen atoms in total. The molecule has 1 N–H and O–H groups in total. The van der Waals surface area contributed by atoms with Gasteiger partial charge in [-0.2, -0.15) is 0 Å². The molecule has 0 radical (unpaired) electrons. The fourth-order valence-corrected chi connectivity index (χ4v) is 4.34. The van der Waals surface area contributed by atoms with E-state index in [4.69, 9.17) is 9.97 Å². The van der Waals surface area contributed by atoms with Crippen LogP contribution in [0.2, 0.25) is 0 Å². The molecule has 0 aliphatic heterocycles. The molecule has 6 aromatic rings. The predicted octanol–water partition coefficient (Wildman–Crippen LogP) is 7.26. The van der Waals surface area contributed by atoms with Crippen molar-refractivity contribution in [2.75, 3.05) is 0 Å². The van der Waals surface area contributed by atoms with Crippen LogP contribution in [0, 0.1) is 0 Å². The van der Waals surface area contributed by atoms with Gasteiger partial charge in [-0.25, -0.2) is 9.97 Å². The molecule has 0 atom stereocenters. The third-order valence-electron chi connectivity index (χ3n) is 6.26. The summed E-state index contributed by atoms with van der Waals surface area (Å²) >= 11 is 0. The first-order chi connectivity index (χ1) is 18.2. The Morgan fingerprint density at radius 1 is 0.447 bits per heavy atom. The molecule has 0 aliphatic carbocycles. The van der Waals surface area contributed by atoms with Crippen molar-refractivity contribution in [3.8, 4) is 62.0 Å². The van der Waals surface area contributed by atoms with E-state index in [1.54, 1.807) is 12.1 Å². The molecule has 0 unspecified atom stereocenters. The van der Waals surface area contributed by atoms with Gasteiger partial charge in [0, 0.05) is 34.0 Å². The zero-order valence-electron chi connectivity index (χ0n) is 20.0. The fourth-order valence-electron chi connectivity index (χ4n) is 4.34. The molecular formula is C33H24CsN3O. The number of phenols is 1. The van der Waals surface area contributed by atoms with Crippen molar-refractivity contribution in [3.63, 3.8) is 0 Å². The Morgan fingerprint density at radius 2 is 1.03 bits per heavy atom. The molecule has 2 heterocycles. The zero-order chi connectivity index (χ0) is 25.0. The quantitative estimate of drug-likeness (QED) is 0.223. The van der Waals surface area contributed by atoms with Crippen molar-refractivity contribution in [3.05, 3.63) is 134 Å². The number of phenolic OH excluding ortho intramolecular Hbond substituents is 1. The molecule has 0 aliphatic rings. The van der Waals surface area contributed by atoms with Gasteiger partial charge in [0.15, 0.2) is 5.82 Å². The summed E-state index contributed by atoms with van der Waals surface area (Å²) in [5.74, 6) is 0.884. The third kappa shape index (κ3) is 5.84. The molecule has 0 saturated heterocycles. The summed E-state index contributed by atoms with van der Waals surface area (Å²) in [5.41, 5.74) is 8.20. The first-order valence-electron chi connectivity index (χ1n) is 12.1.